The van der Waals surface area contributed by atoms with Crippen LogP contribution in [0.5, 0.6) is 0 Å². The summed E-state index contributed by atoms with van der Waals surface area (Å²) in [7, 11) is 0. The number of hydrogen-bond donors (Lipinski definition) is 1. The second-order valence-electron chi connectivity index (χ2n) is 3.04. The first kappa shape index (κ1) is 7.73. The highest BCUT2D eigenvalue weighted by atomic mass is 16.4. The Hall–Kier alpha value is -0.900. The van der Waals surface area contributed by atoms with Gasteiger partial charge in [0.1, 0.15) is 0 Å². The van der Waals surface area contributed by atoms with E-state index in [2.05, 4.69) is 15.5 Å². The summed E-state index contributed by atoms with van der Waals surface area (Å²) < 4.78 is 5.43. The topological polar surface area (TPSA) is 51.0 Å². The van der Waals surface area contributed by atoms with Gasteiger partial charge in [-0.25, -0.2) is 0 Å². The van der Waals surface area contributed by atoms with Gasteiger partial charge in [-0.3, -0.25) is 0 Å². The van der Waals surface area contributed by atoms with Crippen LogP contribution in [0.25, 0.3) is 0 Å². The third kappa shape index (κ3) is 1.34. The lowest BCUT2D eigenvalue weighted by Gasteiger charge is -2.01. The molecule has 2 rings (SSSR count). The lowest BCUT2D eigenvalue weighted by Crippen LogP contribution is -2.12. The molecule has 1 atom stereocenters. The van der Waals surface area contributed by atoms with Crippen molar-refractivity contribution >= 4 is 0 Å². The smallest absolute Gasteiger partial charge is 0.233 e. The SMILES string of the molecule is CCc1nnc([C@H]2CCCN2)o1. The fourth-order valence-corrected chi connectivity index (χ4v) is 1.45. The van der Waals surface area contributed by atoms with E-state index in [1.54, 1.807) is 0 Å². The third-order valence-electron chi connectivity index (χ3n) is 2.14. The first-order valence-corrected chi connectivity index (χ1v) is 4.46. The number of aryl methyl sites for hydroxylation is 1. The van der Waals surface area contributed by atoms with Crippen LogP contribution in [0.15, 0.2) is 4.42 Å². The number of rotatable bonds is 2. The van der Waals surface area contributed by atoms with Crippen molar-refractivity contribution in [3.05, 3.63) is 11.8 Å². The Kier molecular flexibility index (Phi) is 2.08. The first-order chi connectivity index (χ1) is 5.90. The molecule has 1 aromatic heterocycles. The minimum absolute atomic E-state index is 0.304. The molecule has 0 amide bonds. The Morgan fingerprint density at radius 3 is 3.08 bits per heavy atom. The maximum atomic E-state index is 5.43. The highest BCUT2D eigenvalue weighted by molar-refractivity contribution is 4.92. The number of nitrogens with one attached hydrogen (secondary N) is 1. The minimum Gasteiger partial charge on any atom is -0.424 e. The molecule has 0 spiro atoms. The maximum Gasteiger partial charge on any atom is 0.233 e. The van der Waals surface area contributed by atoms with Gasteiger partial charge in [-0.05, 0) is 19.4 Å². The summed E-state index contributed by atoms with van der Waals surface area (Å²) in [5, 5.41) is 11.2. The van der Waals surface area contributed by atoms with Gasteiger partial charge in [-0.15, -0.1) is 10.2 Å². The zero-order valence-corrected chi connectivity index (χ0v) is 7.21. The fraction of sp³-hybridized carbons (Fsp3) is 0.750. The van der Waals surface area contributed by atoms with Gasteiger partial charge in [-0.2, -0.15) is 0 Å². The molecular weight excluding hydrogens is 154 g/mol. The summed E-state index contributed by atoms with van der Waals surface area (Å²) in [6.07, 6.45) is 3.14. The van der Waals surface area contributed by atoms with Crippen molar-refractivity contribution in [1.82, 2.24) is 15.5 Å². The van der Waals surface area contributed by atoms with E-state index in [-0.39, 0.29) is 0 Å². The van der Waals surface area contributed by atoms with E-state index in [4.69, 9.17) is 4.42 Å². The molecule has 0 saturated carbocycles. The van der Waals surface area contributed by atoms with Crippen LogP contribution in [0.2, 0.25) is 0 Å². The van der Waals surface area contributed by atoms with Gasteiger partial charge < -0.3 is 9.73 Å². The number of hydrogen-bond acceptors (Lipinski definition) is 4. The zero-order valence-electron chi connectivity index (χ0n) is 7.21. The van der Waals surface area contributed by atoms with E-state index in [0.717, 1.165) is 31.2 Å². The summed E-state index contributed by atoms with van der Waals surface area (Å²) >= 11 is 0. The Morgan fingerprint density at radius 1 is 1.58 bits per heavy atom. The maximum absolute atomic E-state index is 5.43. The van der Waals surface area contributed by atoms with Crippen LogP contribution in [-0.2, 0) is 6.42 Å². The van der Waals surface area contributed by atoms with Gasteiger partial charge in [0.2, 0.25) is 11.8 Å². The third-order valence-corrected chi connectivity index (χ3v) is 2.14. The molecule has 1 fully saturated rings. The van der Waals surface area contributed by atoms with Crippen molar-refractivity contribution in [1.29, 1.82) is 0 Å². The van der Waals surface area contributed by atoms with Crippen LogP contribution in [-0.4, -0.2) is 16.7 Å². The van der Waals surface area contributed by atoms with Gasteiger partial charge >= 0.3 is 0 Å². The van der Waals surface area contributed by atoms with Crippen LogP contribution >= 0.6 is 0 Å². The minimum atomic E-state index is 0.304. The van der Waals surface area contributed by atoms with Gasteiger partial charge in [0.05, 0.1) is 6.04 Å². The van der Waals surface area contributed by atoms with E-state index >= 15 is 0 Å². The van der Waals surface area contributed by atoms with Crippen molar-refractivity contribution in [3.63, 3.8) is 0 Å². The van der Waals surface area contributed by atoms with Crippen molar-refractivity contribution in [2.45, 2.75) is 32.2 Å². The molecule has 0 bridgehead atoms. The Bertz CT molecular complexity index is 253. The van der Waals surface area contributed by atoms with Crippen molar-refractivity contribution in [2.24, 2.45) is 0 Å². The molecule has 1 saturated heterocycles. The lowest BCUT2D eigenvalue weighted by atomic mass is 10.2. The van der Waals surface area contributed by atoms with Gasteiger partial charge in [0, 0.05) is 6.42 Å². The predicted octanol–water partition coefficient (Wildman–Crippen LogP) is 1.06. The van der Waals surface area contributed by atoms with Gasteiger partial charge in [-0.1, -0.05) is 6.92 Å². The standard InChI is InChI=1S/C8H13N3O/c1-2-7-10-11-8(12-7)6-4-3-5-9-6/h6,9H,2-5H2,1H3/t6-/m1/s1. The molecule has 2 heterocycles. The molecule has 4 heteroatoms. The Labute approximate surface area is 71.4 Å². The van der Waals surface area contributed by atoms with Crippen LogP contribution in [0, 0.1) is 0 Å². The monoisotopic (exact) mass is 167 g/mol. The molecule has 1 N–H and O–H groups in total. The summed E-state index contributed by atoms with van der Waals surface area (Å²) in [6, 6.07) is 0.304. The molecule has 0 aromatic carbocycles. The Morgan fingerprint density at radius 2 is 2.50 bits per heavy atom. The van der Waals surface area contributed by atoms with Crippen LogP contribution < -0.4 is 5.32 Å². The highest BCUT2D eigenvalue weighted by Crippen LogP contribution is 2.21. The molecule has 0 radical (unpaired) electrons. The fourth-order valence-electron chi connectivity index (χ4n) is 1.45. The van der Waals surface area contributed by atoms with Crippen LogP contribution in [0.1, 0.15) is 37.6 Å². The van der Waals surface area contributed by atoms with E-state index in [0.29, 0.717) is 6.04 Å². The van der Waals surface area contributed by atoms with E-state index in [1.165, 1.54) is 6.42 Å². The van der Waals surface area contributed by atoms with Crippen molar-refractivity contribution < 1.29 is 4.42 Å². The quantitative estimate of drug-likeness (QED) is 0.715. The molecule has 66 valence electrons. The normalized spacial score (nSPS) is 23.2. The summed E-state index contributed by atoms with van der Waals surface area (Å²) in [6.45, 7) is 3.08. The van der Waals surface area contributed by atoms with Gasteiger partial charge in [0.15, 0.2) is 0 Å². The molecule has 0 unspecified atom stereocenters. The summed E-state index contributed by atoms with van der Waals surface area (Å²) in [5.41, 5.74) is 0. The van der Waals surface area contributed by atoms with Crippen LogP contribution in [0.4, 0.5) is 0 Å². The summed E-state index contributed by atoms with van der Waals surface area (Å²) in [5.74, 6) is 1.49. The molecule has 1 aliphatic rings. The second-order valence-corrected chi connectivity index (χ2v) is 3.04. The average molecular weight is 167 g/mol. The Balaban J connectivity index is 2.11. The lowest BCUT2D eigenvalue weighted by molar-refractivity contribution is 0.405. The van der Waals surface area contributed by atoms with E-state index in [1.807, 2.05) is 6.92 Å². The molecule has 4 nitrogen and oxygen atoms in total. The second kappa shape index (κ2) is 3.23. The molecule has 1 aliphatic heterocycles. The molecule has 0 aliphatic carbocycles. The molecular formula is C8H13N3O. The van der Waals surface area contributed by atoms with Crippen LogP contribution in [0.3, 0.4) is 0 Å². The highest BCUT2D eigenvalue weighted by Gasteiger charge is 2.21. The first-order valence-electron chi connectivity index (χ1n) is 4.46. The summed E-state index contributed by atoms with van der Waals surface area (Å²) in [4.78, 5) is 0. The van der Waals surface area contributed by atoms with E-state index < -0.39 is 0 Å². The average Bonchev–Trinajstić information content (AvgIpc) is 2.75. The molecule has 12 heavy (non-hydrogen) atoms. The number of nitrogens with zero attached hydrogens (tertiary/aromatic N) is 2. The largest absolute Gasteiger partial charge is 0.424 e. The number of aromatic nitrogens is 2. The van der Waals surface area contributed by atoms with E-state index in [9.17, 15) is 0 Å². The van der Waals surface area contributed by atoms with Crippen molar-refractivity contribution in [2.75, 3.05) is 6.54 Å². The van der Waals surface area contributed by atoms with Crippen molar-refractivity contribution in [3.8, 4) is 0 Å². The zero-order chi connectivity index (χ0) is 8.39. The predicted molar refractivity (Wildman–Crippen MR) is 43.7 cm³/mol. The van der Waals surface area contributed by atoms with Gasteiger partial charge in [0.25, 0.3) is 0 Å². The molecule has 1 aromatic rings.